The van der Waals surface area contributed by atoms with E-state index in [4.69, 9.17) is 0 Å². The zero-order valence-electron chi connectivity index (χ0n) is 12.2. The summed E-state index contributed by atoms with van der Waals surface area (Å²) in [4.78, 5) is 19.7. The van der Waals surface area contributed by atoms with Crippen molar-refractivity contribution >= 4 is 11.6 Å². The van der Waals surface area contributed by atoms with E-state index in [0.717, 1.165) is 36.8 Å². The number of nitrogens with zero attached hydrogens (tertiary/aromatic N) is 5. The minimum Gasteiger partial charge on any atom is -0.372 e. The highest BCUT2D eigenvalue weighted by Gasteiger charge is 2.22. The van der Waals surface area contributed by atoms with Crippen LogP contribution in [-0.4, -0.2) is 40.1 Å². The molecule has 2 aromatic heterocycles. The van der Waals surface area contributed by atoms with E-state index in [1.165, 1.54) is 12.8 Å². The van der Waals surface area contributed by atoms with Gasteiger partial charge in [0, 0.05) is 44.9 Å². The third kappa shape index (κ3) is 3.26. The van der Waals surface area contributed by atoms with Crippen LogP contribution in [0.5, 0.6) is 0 Å². The molecule has 6 nitrogen and oxygen atoms in total. The van der Waals surface area contributed by atoms with Crippen LogP contribution in [0.25, 0.3) is 0 Å². The number of rotatable bonds is 4. The van der Waals surface area contributed by atoms with E-state index in [1.54, 1.807) is 24.8 Å². The van der Waals surface area contributed by atoms with E-state index < -0.39 is 0 Å². The SMILES string of the molecule is CNc1nccnc1C[C@H]1CCCN(c2cnccn2)C1. The molecule has 1 aliphatic heterocycles. The van der Waals surface area contributed by atoms with Crippen LogP contribution in [0.1, 0.15) is 18.5 Å². The number of aromatic nitrogens is 4. The highest BCUT2D eigenvalue weighted by molar-refractivity contribution is 5.39. The van der Waals surface area contributed by atoms with Gasteiger partial charge in [-0.15, -0.1) is 0 Å². The summed E-state index contributed by atoms with van der Waals surface area (Å²) < 4.78 is 0. The second-order valence-corrected chi connectivity index (χ2v) is 5.32. The van der Waals surface area contributed by atoms with Crippen molar-refractivity contribution in [3.8, 4) is 0 Å². The maximum absolute atomic E-state index is 4.47. The predicted molar refractivity (Wildman–Crippen MR) is 82.3 cm³/mol. The molecule has 1 aliphatic rings. The Morgan fingerprint density at radius 2 is 2.05 bits per heavy atom. The Balaban J connectivity index is 1.69. The van der Waals surface area contributed by atoms with Gasteiger partial charge in [-0.1, -0.05) is 0 Å². The maximum Gasteiger partial charge on any atom is 0.147 e. The quantitative estimate of drug-likeness (QED) is 0.923. The Kier molecular flexibility index (Phi) is 4.23. The van der Waals surface area contributed by atoms with Crippen LogP contribution in [0, 0.1) is 5.92 Å². The first kappa shape index (κ1) is 13.7. The number of hydrogen-bond donors (Lipinski definition) is 1. The highest BCUT2D eigenvalue weighted by Crippen LogP contribution is 2.24. The van der Waals surface area contributed by atoms with Gasteiger partial charge in [0.1, 0.15) is 11.6 Å². The molecule has 0 aliphatic carbocycles. The van der Waals surface area contributed by atoms with Crippen LogP contribution in [0.2, 0.25) is 0 Å². The molecule has 0 spiro atoms. The van der Waals surface area contributed by atoms with Crippen LogP contribution in [-0.2, 0) is 6.42 Å². The molecule has 2 aromatic rings. The van der Waals surface area contributed by atoms with E-state index in [9.17, 15) is 0 Å². The lowest BCUT2D eigenvalue weighted by Gasteiger charge is -2.33. The van der Waals surface area contributed by atoms with E-state index in [-0.39, 0.29) is 0 Å². The van der Waals surface area contributed by atoms with Gasteiger partial charge in [-0.3, -0.25) is 9.97 Å². The molecule has 0 unspecified atom stereocenters. The first-order valence-electron chi connectivity index (χ1n) is 7.35. The number of nitrogens with one attached hydrogen (secondary N) is 1. The molecular weight excluding hydrogens is 264 g/mol. The summed E-state index contributed by atoms with van der Waals surface area (Å²) in [5.41, 5.74) is 1.05. The molecule has 0 aromatic carbocycles. The molecule has 0 saturated carbocycles. The number of hydrogen-bond acceptors (Lipinski definition) is 6. The Morgan fingerprint density at radius 3 is 2.86 bits per heavy atom. The monoisotopic (exact) mass is 284 g/mol. The molecule has 1 saturated heterocycles. The van der Waals surface area contributed by atoms with Gasteiger partial charge in [0.15, 0.2) is 0 Å². The van der Waals surface area contributed by atoms with Crippen molar-refractivity contribution in [3.05, 3.63) is 36.7 Å². The summed E-state index contributed by atoms with van der Waals surface area (Å²) in [7, 11) is 1.89. The largest absolute Gasteiger partial charge is 0.372 e. The lowest BCUT2D eigenvalue weighted by Crippen LogP contribution is -2.37. The number of anilines is 2. The van der Waals surface area contributed by atoms with Crippen molar-refractivity contribution in [2.24, 2.45) is 5.92 Å². The fraction of sp³-hybridized carbons (Fsp3) is 0.467. The third-order valence-corrected chi connectivity index (χ3v) is 3.89. The topological polar surface area (TPSA) is 66.8 Å². The Hall–Kier alpha value is -2.24. The van der Waals surface area contributed by atoms with Crippen molar-refractivity contribution in [3.63, 3.8) is 0 Å². The van der Waals surface area contributed by atoms with Gasteiger partial charge in [0.2, 0.25) is 0 Å². The van der Waals surface area contributed by atoms with Crippen molar-refractivity contribution < 1.29 is 0 Å². The summed E-state index contributed by atoms with van der Waals surface area (Å²) in [5.74, 6) is 2.42. The molecule has 3 heterocycles. The highest BCUT2D eigenvalue weighted by atomic mass is 15.2. The Labute approximate surface area is 124 Å². The van der Waals surface area contributed by atoms with Gasteiger partial charge in [0.05, 0.1) is 11.9 Å². The Bertz CT molecular complexity index is 573. The third-order valence-electron chi connectivity index (χ3n) is 3.89. The molecule has 1 atom stereocenters. The fourth-order valence-corrected chi connectivity index (χ4v) is 2.89. The molecule has 1 N–H and O–H groups in total. The molecule has 0 amide bonds. The van der Waals surface area contributed by atoms with Gasteiger partial charge in [0.25, 0.3) is 0 Å². The van der Waals surface area contributed by atoms with E-state index >= 15 is 0 Å². The summed E-state index contributed by atoms with van der Waals surface area (Å²) in [6, 6.07) is 0. The average molecular weight is 284 g/mol. The zero-order valence-corrected chi connectivity index (χ0v) is 12.2. The van der Waals surface area contributed by atoms with E-state index in [1.807, 2.05) is 13.2 Å². The standard InChI is InChI=1S/C15H20N6/c1-16-15-13(18-6-7-20-15)9-12-3-2-8-21(11-12)14-10-17-4-5-19-14/h4-7,10,12H,2-3,8-9,11H2,1H3,(H,16,20)/t12-/m1/s1. The maximum atomic E-state index is 4.47. The van der Waals surface area contributed by atoms with Gasteiger partial charge in [-0.05, 0) is 25.2 Å². The minimum absolute atomic E-state index is 0.574. The van der Waals surface area contributed by atoms with Gasteiger partial charge in [-0.25, -0.2) is 9.97 Å². The molecule has 0 bridgehead atoms. The second kappa shape index (κ2) is 6.47. The molecule has 21 heavy (non-hydrogen) atoms. The van der Waals surface area contributed by atoms with Crippen LogP contribution >= 0.6 is 0 Å². The average Bonchev–Trinajstić information content (AvgIpc) is 2.56. The van der Waals surface area contributed by atoms with Crippen LogP contribution < -0.4 is 10.2 Å². The van der Waals surface area contributed by atoms with E-state index in [2.05, 4.69) is 30.2 Å². The summed E-state index contributed by atoms with van der Waals surface area (Å²) >= 11 is 0. The van der Waals surface area contributed by atoms with Gasteiger partial charge >= 0.3 is 0 Å². The van der Waals surface area contributed by atoms with Gasteiger partial charge < -0.3 is 10.2 Å². The normalized spacial score (nSPS) is 18.5. The molecule has 1 fully saturated rings. The lowest BCUT2D eigenvalue weighted by molar-refractivity contribution is 0.408. The van der Waals surface area contributed by atoms with Crippen molar-refractivity contribution in [1.29, 1.82) is 0 Å². The zero-order chi connectivity index (χ0) is 14.5. The van der Waals surface area contributed by atoms with E-state index in [0.29, 0.717) is 5.92 Å². The lowest BCUT2D eigenvalue weighted by atomic mass is 9.93. The Morgan fingerprint density at radius 1 is 1.19 bits per heavy atom. The molecule has 3 rings (SSSR count). The fourth-order valence-electron chi connectivity index (χ4n) is 2.89. The van der Waals surface area contributed by atoms with Crippen LogP contribution in [0.4, 0.5) is 11.6 Å². The number of piperidine rings is 1. The molecule has 6 heteroatoms. The van der Waals surface area contributed by atoms with Crippen molar-refractivity contribution in [2.75, 3.05) is 30.4 Å². The first-order valence-corrected chi connectivity index (χ1v) is 7.35. The van der Waals surface area contributed by atoms with Gasteiger partial charge in [-0.2, -0.15) is 0 Å². The smallest absolute Gasteiger partial charge is 0.147 e. The first-order chi connectivity index (χ1) is 10.4. The molecular formula is C15H20N6. The predicted octanol–water partition coefficient (Wildman–Crippen LogP) is 1.77. The van der Waals surface area contributed by atoms with Crippen LogP contribution in [0.15, 0.2) is 31.0 Å². The molecule has 110 valence electrons. The minimum atomic E-state index is 0.574. The second-order valence-electron chi connectivity index (χ2n) is 5.32. The summed E-state index contributed by atoms with van der Waals surface area (Å²) in [6.45, 7) is 2.05. The summed E-state index contributed by atoms with van der Waals surface area (Å²) in [5, 5.41) is 3.12. The summed E-state index contributed by atoms with van der Waals surface area (Å²) in [6.07, 6.45) is 12.1. The van der Waals surface area contributed by atoms with Crippen molar-refractivity contribution in [2.45, 2.75) is 19.3 Å². The molecule has 0 radical (unpaired) electrons. The van der Waals surface area contributed by atoms with Crippen molar-refractivity contribution in [1.82, 2.24) is 19.9 Å². The van der Waals surface area contributed by atoms with Crippen LogP contribution in [0.3, 0.4) is 0 Å².